The molecule has 0 aromatic heterocycles. The second-order valence-corrected chi connectivity index (χ2v) is 5.04. The number of hydrogen-bond acceptors (Lipinski definition) is 2. The van der Waals surface area contributed by atoms with Crippen LogP contribution in [0.25, 0.3) is 0 Å². The molecule has 3 heteroatoms. The second-order valence-electron chi connectivity index (χ2n) is 5.04. The molecule has 0 N–H and O–H groups in total. The van der Waals surface area contributed by atoms with Gasteiger partial charge < -0.3 is 4.90 Å². The first kappa shape index (κ1) is 12.6. The quantitative estimate of drug-likeness (QED) is 0.800. The van der Waals surface area contributed by atoms with Gasteiger partial charge in [0.25, 0.3) is 0 Å². The van der Waals surface area contributed by atoms with Gasteiger partial charge in [-0.15, -0.1) is 0 Å². The van der Waals surface area contributed by atoms with Crippen molar-refractivity contribution in [2.45, 2.75) is 39.2 Å². The summed E-state index contributed by atoms with van der Waals surface area (Å²) < 4.78 is 0. The number of nitrogens with zero attached hydrogens (tertiary/aromatic N) is 2. The summed E-state index contributed by atoms with van der Waals surface area (Å²) in [7, 11) is 0. The van der Waals surface area contributed by atoms with E-state index >= 15 is 0 Å². The first-order valence-electron chi connectivity index (χ1n) is 6.39. The topological polar surface area (TPSA) is 44.1 Å². The standard InChI is InChI=1S/C15H18N2O/c1-11(2)13-5-3-4-12-10-17(9-7-14(12)13)15(18)6-8-16/h3-5,11H,6-7,9-10H2,1-2H3. The minimum Gasteiger partial charge on any atom is -0.337 e. The Morgan fingerprint density at radius 3 is 2.94 bits per heavy atom. The van der Waals surface area contributed by atoms with Crippen LogP contribution >= 0.6 is 0 Å². The lowest BCUT2D eigenvalue weighted by atomic mass is 9.89. The van der Waals surface area contributed by atoms with Crippen LogP contribution in [-0.2, 0) is 17.8 Å². The fraction of sp³-hybridized carbons (Fsp3) is 0.467. The molecule has 1 aliphatic heterocycles. The summed E-state index contributed by atoms with van der Waals surface area (Å²) in [4.78, 5) is 13.5. The molecular weight excluding hydrogens is 224 g/mol. The van der Waals surface area contributed by atoms with Crippen LogP contribution in [0.1, 0.15) is 42.9 Å². The molecule has 0 radical (unpaired) electrons. The summed E-state index contributed by atoms with van der Waals surface area (Å²) in [5.41, 5.74) is 4.02. The van der Waals surface area contributed by atoms with Gasteiger partial charge in [0.15, 0.2) is 0 Å². The maximum Gasteiger partial charge on any atom is 0.237 e. The summed E-state index contributed by atoms with van der Waals surface area (Å²) in [6.45, 7) is 5.78. The molecule has 0 saturated carbocycles. The first-order chi connectivity index (χ1) is 8.63. The molecule has 1 aliphatic rings. The minimum atomic E-state index is -0.0573. The van der Waals surface area contributed by atoms with E-state index < -0.39 is 0 Å². The number of amides is 1. The van der Waals surface area contributed by atoms with E-state index in [2.05, 4.69) is 32.0 Å². The van der Waals surface area contributed by atoms with Crippen LogP contribution in [0, 0.1) is 11.3 Å². The Balaban J connectivity index is 2.23. The fourth-order valence-electron chi connectivity index (χ4n) is 2.57. The molecule has 1 heterocycles. The summed E-state index contributed by atoms with van der Waals surface area (Å²) in [6.07, 6.45) is 0.889. The maximum atomic E-state index is 11.7. The highest BCUT2D eigenvalue weighted by molar-refractivity contribution is 5.78. The van der Waals surface area contributed by atoms with Gasteiger partial charge in [0, 0.05) is 13.1 Å². The smallest absolute Gasteiger partial charge is 0.237 e. The van der Waals surface area contributed by atoms with E-state index in [1.54, 1.807) is 4.90 Å². The Morgan fingerprint density at radius 1 is 1.50 bits per heavy atom. The number of nitriles is 1. The maximum absolute atomic E-state index is 11.7. The molecule has 1 aromatic carbocycles. The average molecular weight is 242 g/mol. The molecule has 0 atom stereocenters. The van der Waals surface area contributed by atoms with Crippen molar-refractivity contribution in [3.8, 4) is 6.07 Å². The molecule has 0 aliphatic carbocycles. The Morgan fingerprint density at radius 2 is 2.28 bits per heavy atom. The van der Waals surface area contributed by atoms with Crippen molar-refractivity contribution in [1.29, 1.82) is 5.26 Å². The van der Waals surface area contributed by atoms with E-state index in [9.17, 15) is 4.79 Å². The van der Waals surface area contributed by atoms with Crippen LogP contribution in [0.5, 0.6) is 0 Å². The SMILES string of the molecule is CC(C)c1cccc2c1CCN(C(=O)CC#N)C2. The minimum absolute atomic E-state index is 0.0147. The van der Waals surface area contributed by atoms with Crippen molar-refractivity contribution in [2.75, 3.05) is 6.54 Å². The highest BCUT2D eigenvalue weighted by atomic mass is 16.2. The summed E-state index contributed by atoms with van der Waals surface area (Å²) in [5, 5.41) is 8.58. The lowest BCUT2D eigenvalue weighted by Gasteiger charge is -2.30. The molecule has 0 bridgehead atoms. The number of carbonyl (C=O) groups is 1. The molecule has 2 rings (SSSR count). The predicted octanol–water partition coefficient (Wildman–Crippen LogP) is 2.61. The number of fused-ring (bicyclic) bond motifs is 1. The molecule has 1 aromatic rings. The van der Waals surface area contributed by atoms with Gasteiger partial charge in [-0.1, -0.05) is 32.0 Å². The number of rotatable bonds is 2. The fourth-order valence-corrected chi connectivity index (χ4v) is 2.57. The normalized spacial score (nSPS) is 14.2. The molecule has 0 unspecified atom stereocenters. The lowest BCUT2D eigenvalue weighted by Crippen LogP contribution is -2.36. The third-order valence-corrected chi connectivity index (χ3v) is 3.51. The molecule has 18 heavy (non-hydrogen) atoms. The predicted molar refractivity (Wildman–Crippen MR) is 69.9 cm³/mol. The zero-order chi connectivity index (χ0) is 13.1. The van der Waals surface area contributed by atoms with E-state index in [0.717, 1.165) is 13.0 Å². The molecule has 1 amide bonds. The highest BCUT2D eigenvalue weighted by Gasteiger charge is 2.22. The Kier molecular flexibility index (Phi) is 3.66. The van der Waals surface area contributed by atoms with Crippen LogP contribution in [0.15, 0.2) is 18.2 Å². The van der Waals surface area contributed by atoms with Gasteiger partial charge in [-0.2, -0.15) is 5.26 Å². The van der Waals surface area contributed by atoms with Crippen LogP contribution in [0.2, 0.25) is 0 Å². The molecule has 0 saturated heterocycles. The van der Waals surface area contributed by atoms with E-state index in [4.69, 9.17) is 5.26 Å². The third kappa shape index (κ3) is 2.38. The molecule has 3 nitrogen and oxygen atoms in total. The van der Waals surface area contributed by atoms with Crippen molar-refractivity contribution < 1.29 is 4.79 Å². The van der Waals surface area contributed by atoms with Crippen molar-refractivity contribution in [1.82, 2.24) is 4.90 Å². The third-order valence-electron chi connectivity index (χ3n) is 3.51. The van der Waals surface area contributed by atoms with Crippen LogP contribution in [0.3, 0.4) is 0 Å². The number of hydrogen-bond donors (Lipinski definition) is 0. The van der Waals surface area contributed by atoms with Crippen molar-refractivity contribution in [3.63, 3.8) is 0 Å². The van der Waals surface area contributed by atoms with Crippen molar-refractivity contribution in [3.05, 3.63) is 34.9 Å². The molecule has 0 spiro atoms. The van der Waals surface area contributed by atoms with Crippen LogP contribution < -0.4 is 0 Å². The largest absolute Gasteiger partial charge is 0.337 e. The van der Waals surface area contributed by atoms with Gasteiger partial charge in [0.1, 0.15) is 6.42 Å². The molecular formula is C15H18N2O. The lowest BCUT2D eigenvalue weighted by molar-refractivity contribution is -0.131. The van der Waals surface area contributed by atoms with Gasteiger partial charge in [-0.3, -0.25) is 4.79 Å². The number of carbonyl (C=O) groups excluding carboxylic acids is 1. The van der Waals surface area contributed by atoms with E-state index in [1.165, 1.54) is 16.7 Å². The monoisotopic (exact) mass is 242 g/mol. The van der Waals surface area contributed by atoms with Crippen molar-refractivity contribution in [2.24, 2.45) is 0 Å². The van der Waals surface area contributed by atoms with Gasteiger partial charge >= 0.3 is 0 Å². The van der Waals surface area contributed by atoms with E-state index in [1.807, 2.05) is 6.07 Å². The van der Waals surface area contributed by atoms with Crippen molar-refractivity contribution >= 4 is 5.91 Å². The number of benzene rings is 1. The van der Waals surface area contributed by atoms with Gasteiger partial charge in [-0.25, -0.2) is 0 Å². The summed E-state index contributed by atoms with van der Waals surface area (Å²) >= 11 is 0. The van der Waals surface area contributed by atoms with Crippen LogP contribution in [-0.4, -0.2) is 17.4 Å². The van der Waals surface area contributed by atoms with E-state index in [-0.39, 0.29) is 12.3 Å². The van der Waals surface area contributed by atoms with Gasteiger partial charge in [0.2, 0.25) is 5.91 Å². The zero-order valence-electron chi connectivity index (χ0n) is 10.9. The van der Waals surface area contributed by atoms with Gasteiger partial charge in [0.05, 0.1) is 6.07 Å². The average Bonchev–Trinajstić information content (AvgIpc) is 2.37. The summed E-state index contributed by atoms with van der Waals surface area (Å²) in [5.74, 6) is 0.458. The first-order valence-corrected chi connectivity index (χ1v) is 6.39. The van der Waals surface area contributed by atoms with Crippen LogP contribution in [0.4, 0.5) is 0 Å². The molecule has 0 fully saturated rings. The molecule has 94 valence electrons. The Labute approximate surface area is 108 Å². The Bertz CT molecular complexity index is 500. The highest BCUT2D eigenvalue weighted by Crippen LogP contribution is 2.27. The Hall–Kier alpha value is -1.82. The summed E-state index contributed by atoms with van der Waals surface area (Å²) in [6, 6.07) is 8.26. The second kappa shape index (κ2) is 5.22. The van der Waals surface area contributed by atoms with E-state index in [0.29, 0.717) is 12.5 Å². The van der Waals surface area contributed by atoms with Gasteiger partial charge in [-0.05, 0) is 29.0 Å². The zero-order valence-corrected chi connectivity index (χ0v) is 10.9.